The van der Waals surface area contributed by atoms with E-state index in [0.29, 0.717) is 0 Å². The predicted molar refractivity (Wildman–Crippen MR) is 101 cm³/mol. The quantitative estimate of drug-likeness (QED) is 0.579. The van der Waals surface area contributed by atoms with Crippen LogP contribution in [0.15, 0.2) is 41.3 Å². The Morgan fingerprint density at radius 2 is 1.57 bits per heavy atom. The maximum Gasteiger partial charge on any atom is 0.261 e. The third-order valence-electron chi connectivity index (χ3n) is 3.77. The van der Waals surface area contributed by atoms with Crippen LogP contribution in [-0.4, -0.2) is 42.0 Å². The monoisotopic (exact) mass is 425 g/mol. The molecule has 12 heteroatoms. The van der Waals surface area contributed by atoms with Crippen LogP contribution in [0, 0.1) is 0 Å². The van der Waals surface area contributed by atoms with Gasteiger partial charge in [0.1, 0.15) is 5.75 Å². The Balaban J connectivity index is 1.92. The summed E-state index contributed by atoms with van der Waals surface area (Å²) in [4.78, 5) is 23.1. The molecule has 2 aromatic carbocycles. The average molecular weight is 425 g/mol. The zero-order valence-corrected chi connectivity index (χ0v) is 16.3. The van der Waals surface area contributed by atoms with Crippen molar-refractivity contribution in [2.45, 2.75) is 4.90 Å². The lowest BCUT2D eigenvalue weighted by Crippen LogP contribution is -2.20. The Morgan fingerprint density at radius 3 is 2.21 bits per heavy atom. The van der Waals surface area contributed by atoms with Crippen LogP contribution >= 0.6 is 0 Å². The molecular formula is C16H15N3O7S2. The van der Waals surface area contributed by atoms with Gasteiger partial charge in [-0.05, 0) is 30.3 Å². The normalized spacial score (nSPS) is 13.6. The van der Waals surface area contributed by atoms with Crippen molar-refractivity contribution in [1.29, 1.82) is 0 Å². The Hall–Kier alpha value is -3.12. The van der Waals surface area contributed by atoms with E-state index in [1.165, 1.54) is 37.4 Å². The lowest BCUT2D eigenvalue weighted by Gasteiger charge is -2.13. The number of benzene rings is 2. The Morgan fingerprint density at radius 1 is 0.893 bits per heavy atom. The van der Waals surface area contributed by atoms with Crippen LogP contribution in [0.5, 0.6) is 5.75 Å². The van der Waals surface area contributed by atoms with Gasteiger partial charge < -0.3 is 4.74 Å². The summed E-state index contributed by atoms with van der Waals surface area (Å²) in [5.74, 6) is -1.16. The molecule has 0 saturated heterocycles. The summed E-state index contributed by atoms with van der Waals surface area (Å²) in [5, 5.41) is 2.08. The van der Waals surface area contributed by atoms with Crippen molar-refractivity contribution in [3.8, 4) is 5.75 Å². The molecule has 0 bridgehead atoms. The van der Waals surface area contributed by atoms with Gasteiger partial charge in [-0.3, -0.25) is 24.4 Å². The highest BCUT2D eigenvalue weighted by atomic mass is 32.2. The number of ether oxygens (including phenoxy) is 1. The Bertz CT molecular complexity index is 1200. The van der Waals surface area contributed by atoms with Gasteiger partial charge in [0.15, 0.2) is 0 Å². The van der Waals surface area contributed by atoms with Gasteiger partial charge in [-0.15, -0.1) is 0 Å². The SMILES string of the molecule is COc1cc(NS(=O)(=O)c2ccc3c(c2)C(=O)NC3=O)ccc1NS(C)(=O)=O. The summed E-state index contributed by atoms with van der Waals surface area (Å²) in [6, 6.07) is 7.55. The number of imide groups is 1. The van der Waals surface area contributed by atoms with Crippen LogP contribution in [0.1, 0.15) is 20.7 Å². The first kappa shape index (κ1) is 19.6. The number of sulfonamides is 2. The van der Waals surface area contributed by atoms with Crippen molar-refractivity contribution in [3.05, 3.63) is 47.5 Å². The van der Waals surface area contributed by atoms with Crippen LogP contribution in [0.25, 0.3) is 0 Å². The number of anilines is 2. The van der Waals surface area contributed by atoms with Gasteiger partial charge >= 0.3 is 0 Å². The van der Waals surface area contributed by atoms with Gasteiger partial charge in [0.25, 0.3) is 21.8 Å². The average Bonchev–Trinajstić information content (AvgIpc) is 2.88. The Kier molecular flexibility index (Phi) is 4.77. The van der Waals surface area contributed by atoms with E-state index in [1.54, 1.807) is 0 Å². The number of rotatable bonds is 6. The first-order valence-electron chi connectivity index (χ1n) is 7.68. The smallest absolute Gasteiger partial charge is 0.261 e. The second-order valence-electron chi connectivity index (χ2n) is 5.89. The third-order valence-corrected chi connectivity index (χ3v) is 5.74. The van der Waals surface area contributed by atoms with Crippen molar-refractivity contribution < 1.29 is 31.2 Å². The molecule has 1 aliphatic rings. The fraction of sp³-hybridized carbons (Fsp3) is 0.125. The first-order chi connectivity index (χ1) is 13.0. The number of carbonyl (C=O) groups is 2. The van der Waals surface area contributed by atoms with Crippen molar-refractivity contribution in [3.63, 3.8) is 0 Å². The number of hydrogen-bond acceptors (Lipinski definition) is 7. The summed E-state index contributed by atoms with van der Waals surface area (Å²) < 4.78 is 57.7. The van der Waals surface area contributed by atoms with E-state index in [4.69, 9.17) is 4.74 Å². The van der Waals surface area contributed by atoms with E-state index < -0.39 is 31.9 Å². The predicted octanol–water partition coefficient (Wildman–Crippen LogP) is 0.751. The van der Waals surface area contributed by atoms with Crippen molar-refractivity contribution >= 4 is 43.2 Å². The molecule has 2 aromatic rings. The molecule has 0 saturated carbocycles. The standard InChI is InChI=1S/C16H15N3O7S2/c1-26-14-7-9(3-6-13(14)19-27(2,22)23)18-28(24,25)10-4-5-11-12(8-10)16(21)17-15(11)20/h3-8,18-19H,1-2H3,(H,17,20,21). The van der Waals surface area contributed by atoms with Gasteiger partial charge in [-0.25, -0.2) is 16.8 Å². The fourth-order valence-electron chi connectivity index (χ4n) is 2.57. The lowest BCUT2D eigenvalue weighted by atomic mass is 10.1. The summed E-state index contributed by atoms with van der Waals surface area (Å²) in [5.41, 5.74) is 0.317. The van der Waals surface area contributed by atoms with Crippen LogP contribution in [0.4, 0.5) is 11.4 Å². The molecule has 0 aromatic heterocycles. The summed E-state index contributed by atoms with van der Waals surface area (Å²) in [6.07, 6.45) is 0.970. The molecule has 28 heavy (non-hydrogen) atoms. The number of methoxy groups -OCH3 is 1. The molecule has 0 atom stereocenters. The number of nitrogens with one attached hydrogen (secondary N) is 3. The molecule has 3 N–H and O–H groups in total. The minimum Gasteiger partial charge on any atom is -0.494 e. The molecule has 2 amide bonds. The fourth-order valence-corrected chi connectivity index (χ4v) is 4.21. The maximum absolute atomic E-state index is 12.6. The second kappa shape index (κ2) is 6.80. The minimum atomic E-state index is -4.08. The van der Waals surface area contributed by atoms with Gasteiger partial charge in [0.2, 0.25) is 10.0 Å². The van der Waals surface area contributed by atoms with Gasteiger partial charge in [0, 0.05) is 6.07 Å². The van der Waals surface area contributed by atoms with Gasteiger partial charge in [-0.2, -0.15) is 0 Å². The largest absolute Gasteiger partial charge is 0.494 e. The van der Waals surface area contributed by atoms with Gasteiger partial charge in [-0.1, -0.05) is 0 Å². The van der Waals surface area contributed by atoms with Crippen LogP contribution in [0.2, 0.25) is 0 Å². The molecule has 10 nitrogen and oxygen atoms in total. The van der Waals surface area contributed by atoms with Crippen molar-refractivity contribution in [2.24, 2.45) is 0 Å². The zero-order chi connectivity index (χ0) is 20.7. The molecule has 0 fully saturated rings. The van der Waals surface area contributed by atoms with Crippen LogP contribution in [-0.2, 0) is 20.0 Å². The van der Waals surface area contributed by atoms with Crippen LogP contribution in [0.3, 0.4) is 0 Å². The summed E-state index contributed by atoms with van der Waals surface area (Å²) >= 11 is 0. The lowest BCUT2D eigenvalue weighted by molar-refractivity contribution is 0.0879. The van der Waals surface area contributed by atoms with E-state index in [0.717, 1.165) is 12.3 Å². The molecule has 0 aliphatic carbocycles. The minimum absolute atomic E-state index is 0.0295. The van der Waals surface area contributed by atoms with Crippen molar-refractivity contribution in [2.75, 3.05) is 22.8 Å². The molecule has 1 aliphatic heterocycles. The highest BCUT2D eigenvalue weighted by molar-refractivity contribution is 7.92. The van der Waals surface area contributed by atoms with E-state index in [2.05, 4.69) is 14.8 Å². The molecule has 3 rings (SSSR count). The molecule has 1 heterocycles. The van der Waals surface area contributed by atoms with Crippen molar-refractivity contribution in [1.82, 2.24) is 5.32 Å². The van der Waals surface area contributed by atoms with E-state index >= 15 is 0 Å². The van der Waals surface area contributed by atoms with E-state index in [1.807, 2.05) is 0 Å². The summed E-state index contributed by atoms with van der Waals surface area (Å²) in [7, 11) is -6.33. The zero-order valence-electron chi connectivity index (χ0n) is 14.6. The first-order valence-corrected chi connectivity index (χ1v) is 11.1. The molecular weight excluding hydrogens is 410 g/mol. The highest BCUT2D eigenvalue weighted by Gasteiger charge is 2.28. The van der Waals surface area contributed by atoms with E-state index in [-0.39, 0.29) is 33.1 Å². The third kappa shape index (κ3) is 3.92. The van der Waals surface area contributed by atoms with Gasteiger partial charge in [0.05, 0.1) is 40.8 Å². The highest BCUT2D eigenvalue weighted by Crippen LogP contribution is 2.30. The second-order valence-corrected chi connectivity index (χ2v) is 9.32. The van der Waals surface area contributed by atoms with E-state index in [9.17, 15) is 26.4 Å². The topological polar surface area (TPSA) is 148 Å². The molecule has 0 spiro atoms. The number of fused-ring (bicyclic) bond motifs is 1. The maximum atomic E-state index is 12.6. The molecule has 148 valence electrons. The van der Waals surface area contributed by atoms with Crippen LogP contribution < -0.4 is 19.5 Å². The number of carbonyl (C=O) groups excluding carboxylic acids is 2. The number of hydrogen-bond donors (Lipinski definition) is 3. The molecule has 0 radical (unpaired) electrons. The summed E-state index contributed by atoms with van der Waals surface area (Å²) in [6.45, 7) is 0. The number of amides is 2. The molecule has 0 unspecified atom stereocenters. The Labute approximate surface area is 161 Å².